The summed E-state index contributed by atoms with van der Waals surface area (Å²) >= 11 is 0. The van der Waals surface area contributed by atoms with E-state index in [1.54, 1.807) is 12.1 Å². The number of aromatic hydroxyl groups is 1. The Hall–Kier alpha value is -2.69. The molecule has 28 heavy (non-hydrogen) atoms. The summed E-state index contributed by atoms with van der Waals surface area (Å²) in [6.07, 6.45) is 5.70. The van der Waals surface area contributed by atoms with E-state index >= 15 is 0 Å². The van der Waals surface area contributed by atoms with E-state index in [1.165, 1.54) is 12.0 Å². The number of nitrogens with one attached hydrogen (secondary N) is 1. The van der Waals surface area contributed by atoms with Gasteiger partial charge in [0.05, 0.1) is 6.10 Å². The highest BCUT2D eigenvalue weighted by molar-refractivity contribution is 5.74. The summed E-state index contributed by atoms with van der Waals surface area (Å²) < 4.78 is 6.05. The molecule has 2 fully saturated rings. The fraction of sp³-hybridized carbons (Fsp3) is 0.435. The third kappa shape index (κ3) is 4.41. The number of ether oxygens (including phenoxy) is 1. The molecule has 1 saturated carbocycles. The van der Waals surface area contributed by atoms with E-state index in [4.69, 9.17) is 4.74 Å². The summed E-state index contributed by atoms with van der Waals surface area (Å²) in [5.41, 5.74) is 2.27. The van der Waals surface area contributed by atoms with E-state index in [1.807, 2.05) is 41.3 Å². The van der Waals surface area contributed by atoms with Crippen molar-refractivity contribution in [2.45, 2.75) is 50.7 Å². The molecule has 2 amide bonds. The maximum absolute atomic E-state index is 12.6. The van der Waals surface area contributed by atoms with Crippen molar-refractivity contribution in [2.75, 3.05) is 13.1 Å². The number of phenols is 1. The van der Waals surface area contributed by atoms with Crippen LogP contribution in [0.4, 0.5) is 4.79 Å². The molecule has 0 radical (unpaired) electrons. The van der Waals surface area contributed by atoms with Crippen molar-refractivity contribution in [3.8, 4) is 11.5 Å². The van der Waals surface area contributed by atoms with Crippen LogP contribution in [-0.2, 0) is 6.54 Å². The van der Waals surface area contributed by atoms with Crippen LogP contribution >= 0.6 is 0 Å². The fourth-order valence-electron chi connectivity index (χ4n) is 3.88. The second kappa shape index (κ2) is 8.55. The van der Waals surface area contributed by atoms with Crippen LogP contribution in [0.1, 0.15) is 49.1 Å². The number of para-hydroxylation sites is 1. The summed E-state index contributed by atoms with van der Waals surface area (Å²) in [6, 6.07) is 15.4. The van der Waals surface area contributed by atoms with Crippen LogP contribution in [0.25, 0.3) is 0 Å². The molecule has 1 saturated heterocycles. The van der Waals surface area contributed by atoms with E-state index in [2.05, 4.69) is 5.32 Å². The number of likely N-dealkylation sites (tertiary alicyclic amines) is 1. The van der Waals surface area contributed by atoms with Gasteiger partial charge in [0.2, 0.25) is 0 Å². The average molecular weight is 380 g/mol. The predicted molar refractivity (Wildman–Crippen MR) is 109 cm³/mol. The van der Waals surface area contributed by atoms with Gasteiger partial charge in [0.25, 0.3) is 0 Å². The molecule has 2 N–H and O–H groups in total. The van der Waals surface area contributed by atoms with Crippen LogP contribution in [0.5, 0.6) is 11.5 Å². The Kier molecular flexibility index (Phi) is 5.70. The van der Waals surface area contributed by atoms with Crippen LogP contribution in [0.3, 0.4) is 0 Å². The zero-order valence-electron chi connectivity index (χ0n) is 16.1. The lowest BCUT2D eigenvalue weighted by Gasteiger charge is -2.32. The van der Waals surface area contributed by atoms with Crippen molar-refractivity contribution in [2.24, 2.45) is 0 Å². The third-order valence-electron chi connectivity index (χ3n) is 5.90. The van der Waals surface area contributed by atoms with Crippen molar-refractivity contribution < 1.29 is 14.6 Å². The average Bonchev–Trinajstić information content (AvgIpc) is 2.70. The third-order valence-corrected chi connectivity index (χ3v) is 5.90. The van der Waals surface area contributed by atoms with Gasteiger partial charge in [-0.15, -0.1) is 0 Å². The molecule has 0 spiro atoms. The van der Waals surface area contributed by atoms with E-state index in [9.17, 15) is 9.90 Å². The van der Waals surface area contributed by atoms with Gasteiger partial charge < -0.3 is 20.1 Å². The molecule has 0 atom stereocenters. The Morgan fingerprint density at radius 3 is 2.43 bits per heavy atom. The van der Waals surface area contributed by atoms with Gasteiger partial charge in [-0.25, -0.2) is 4.79 Å². The lowest BCUT2D eigenvalue weighted by Crippen LogP contribution is -2.43. The lowest BCUT2D eigenvalue weighted by atomic mass is 9.89. The van der Waals surface area contributed by atoms with Crippen LogP contribution in [-0.4, -0.2) is 35.2 Å². The number of carbonyl (C=O) groups excluding carboxylic acids is 1. The number of carbonyl (C=O) groups is 1. The fourth-order valence-corrected chi connectivity index (χ4v) is 3.88. The minimum absolute atomic E-state index is 0.0115. The molecule has 0 aromatic heterocycles. The molecule has 0 bridgehead atoms. The van der Waals surface area contributed by atoms with Crippen molar-refractivity contribution in [3.05, 3.63) is 59.7 Å². The van der Waals surface area contributed by atoms with Crippen LogP contribution in [0.2, 0.25) is 0 Å². The van der Waals surface area contributed by atoms with Gasteiger partial charge in [-0.1, -0.05) is 30.3 Å². The minimum atomic E-state index is -0.0115. The Bertz CT molecular complexity index is 794. The largest absolute Gasteiger partial charge is 0.508 e. The first kappa shape index (κ1) is 18.7. The standard InChI is InChI=1S/C23H28N2O3/c26-20-10-8-17(9-11-20)18-12-14-25(15-13-18)23(27)24-16-19-4-1-2-7-22(19)28-21-5-3-6-21/h1-2,4,7-11,18,21,26H,3,5-6,12-16H2,(H,24,27). The zero-order valence-corrected chi connectivity index (χ0v) is 16.1. The molecular formula is C23H28N2O3. The smallest absolute Gasteiger partial charge is 0.317 e. The van der Waals surface area contributed by atoms with E-state index in [0.29, 0.717) is 24.3 Å². The van der Waals surface area contributed by atoms with Crippen LogP contribution in [0, 0.1) is 0 Å². The van der Waals surface area contributed by atoms with Crippen molar-refractivity contribution in [1.82, 2.24) is 10.2 Å². The molecule has 0 unspecified atom stereocenters. The van der Waals surface area contributed by atoms with Gasteiger partial charge in [0.1, 0.15) is 11.5 Å². The van der Waals surface area contributed by atoms with Gasteiger partial charge in [0, 0.05) is 25.2 Å². The molecule has 5 nitrogen and oxygen atoms in total. The summed E-state index contributed by atoms with van der Waals surface area (Å²) in [6.45, 7) is 1.98. The van der Waals surface area contributed by atoms with Gasteiger partial charge in [0.15, 0.2) is 0 Å². The number of hydrogen-bond donors (Lipinski definition) is 2. The van der Waals surface area contributed by atoms with Crippen molar-refractivity contribution in [3.63, 3.8) is 0 Å². The number of hydrogen-bond acceptors (Lipinski definition) is 3. The molecule has 2 aromatic carbocycles. The maximum atomic E-state index is 12.6. The number of phenolic OH excluding ortho intramolecular Hbond substituents is 1. The van der Waals surface area contributed by atoms with E-state index < -0.39 is 0 Å². The summed E-state index contributed by atoms with van der Waals surface area (Å²) in [5, 5.41) is 12.5. The molecule has 2 aromatic rings. The monoisotopic (exact) mass is 380 g/mol. The SMILES string of the molecule is O=C(NCc1ccccc1OC1CCC1)N1CCC(c2ccc(O)cc2)CC1. The molecule has 148 valence electrons. The Labute approximate surface area is 166 Å². The first-order valence-electron chi connectivity index (χ1n) is 10.3. The Morgan fingerprint density at radius 1 is 1.04 bits per heavy atom. The van der Waals surface area contributed by atoms with Crippen molar-refractivity contribution in [1.29, 1.82) is 0 Å². The first-order valence-corrected chi connectivity index (χ1v) is 10.3. The lowest BCUT2D eigenvalue weighted by molar-refractivity contribution is 0.119. The van der Waals surface area contributed by atoms with Gasteiger partial charge in [-0.2, -0.15) is 0 Å². The highest BCUT2D eigenvalue weighted by Gasteiger charge is 2.24. The molecule has 2 aliphatic rings. The van der Waals surface area contributed by atoms with Crippen LogP contribution in [0.15, 0.2) is 48.5 Å². The number of rotatable bonds is 5. The summed E-state index contributed by atoms with van der Waals surface area (Å²) in [4.78, 5) is 14.5. The minimum Gasteiger partial charge on any atom is -0.508 e. The van der Waals surface area contributed by atoms with Crippen molar-refractivity contribution >= 4 is 6.03 Å². The summed E-state index contributed by atoms with van der Waals surface area (Å²) in [5.74, 6) is 1.63. The number of amides is 2. The second-order valence-electron chi connectivity index (χ2n) is 7.79. The van der Waals surface area contributed by atoms with Gasteiger partial charge in [-0.3, -0.25) is 0 Å². The highest BCUT2D eigenvalue weighted by Crippen LogP contribution is 2.30. The zero-order chi connectivity index (χ0) is 19.3. The molecule has 1 aliphatic heterocycles. The first-order chi connectivity index (χ1) is 13.7. The highest BCUT2D eigenvalue weighted by atomic mass is 16.5. The van der Waals surface area contributed by atoms with Gasteiger partial charge in [-0.05, 0) is 61.8 Å². The second-order valence-corrected chi connectivity index (χ2v) is 7.79. The molecule has 1 aliphatic carbocycles. The normalized spacial score (nSPS) is 17.8. The molecule has 5 heteroatoms. The number of piperidine rings is 1. The topological polar surface area (TPSA) is 61.8 Å². The molecule has 4 rings (SSSR count). The van der Waals surface area contributed by atoms with Crippen LogP contribution < -0.4 is 10.1 Å². The summed E-state index contributed by atoms with van der Waals surface area (Å²) in [7, 11) is 0. The quantitative estimate of drug-likeness (QED) is 0.807. The maximum Gasteiger partial charge on any atom is 0.317 e. The molecular weight excluding hydrogens is 352 g/mol. The number of urea groups is 1. The number of benzene rings is 2. The predicted octanol–water partition coefficient (Wildman–Crippen LogP) is 4.41. The van der Waals surface area contributed by atoms with E-state index in [0.717, 1.165) is 50.1 Å². The molecule has 1 heterocycles. The Balaban J connectivity index is 1.27. The number of nitrogens with zero attached hydrogens (tertiary/aromatic N) is 1. The van der Waals surface area contributed by atoms with Gasteiger partial charge >= 0.3 is 6.03 Å². The van der Waals surface area contributed by atoms with E-state index in [-0.39, 0.29) is 6.03 Å². The Morgan fingerprint density at radius 2 is 1.75 bits per heavy atom.